The van der Waals surface area contributed by atoms with Crippen molar-refractivity contribution in [1.82, 2.24) is 15.4 Å². The van der Waals surface area contributed by atoms with Gasteiger partial charge in [-0.3, -0.25) is 0 Å². The van der Waals surface area contributed by atoms with Crippen molar-refractivity contribution in [2.75, 3.05) is 0 Å². The van der Waals surface area contributed by atoms with Gasteiger partial charge in [0.2, 0.25) is 0 Å². The number of benzene rings is 6. The first-order valence-electron chi connectivity index (χ1n) is 15.7. The van der Waals surface area contributed by atoms with Gasteiger partial charge in [0.05, 0.1) is 0 Å². The minimum absolute atomic E-state index is 0.188. The van der Waals surface area contributed by atoms with Crippen molar-refractivity contribution in [3.05, 3.63) is 150 Å². The molecule has 3 nitrogen and oxygen atoms in total. The molecule has 2 aromatic heterocycles. The summed E-state index contributed by atoms with van der Waals surface area (Å²) in [7, 11) is 0. The van der Waals surface area contributed by atoms with Crippen molar-refractivity contribution >= 4 is 33.8 Å². The molecule has 6 aromatic carbocycles. The first-order chi connectivity index (χ1) is 22.7. The van der Waals surface area contributed by atoms with Crippen LogP contribution in [0.1, 0.15) is 22.3 Å². The third-order valence-corrected chi connectivity index (χ3v) is 12.0. The summed E-state index contributed by atoms with van der Waals surface area (Å²) >= 11 is 0.188. The summed E-state index contributed by atoms with van der Waals surface area (Å²) < 4.78 is 2.86. The minimum atomic E-state index is 0.188. The Bertz CT molecular complexity index is 2460. The molecule has 0 spiro atoms. The second-order valence-electron chi connectivity index (χ2n) is 12.1. The monoisotopic (exact) mass is 655 g/mol. The molecule has 46 heavy (non-hydrogen) atoms. The van der Waals surface area contributed by atoms with Crippen molar-refractivity contribution in [3.8, 4) is 55.8 Å². The molecule has 1 aliphatic carbocycles. The molecule has 0 atom stereocenters. The van der Waals surface area contributed by atoms with Gasteiger partial charge in [0.15, 0.2) is 0 Å². The molecule has 0 N–H and O–H groups in total. The molecule has 2 heterocycles. The summed E-state index contributed by atoms with van der Waals surface area (Å²) in [5, 5.41) is 15.3. The summed E-state index contributed by atoms with van der Waals surface area (Å²) in [6.45, 7) is 4.59. The average Bonchev–Trinajstić information content (AvgIpc) is 3.67. The standard InChI is InChI=1S/C42H29N3Se/c1-25-22-34-29-15-7-6-14-28(29)23-35(34)39(26(25)2)42-33(27-12-4-3-5-13-27)24-38-40(32-18-10-11-19-37(32)46-38)41(42)31-17-9-8-16-30(31)36-20-21-43-45-44-36/h3-22,24H,23H2,1-2H3. The van der Waals surface area contributed by atoms with Crippen LogP contribution < -0.4 is 0 Å². The molecular formula is C42H29N3Se. The molecule has 0 saturated carbocycles. The van der Waals surface area contributed by atoms with Crippen LogP contribution in [0, 0.1) is 13.8 Å². The van der Waals surface area contributed by atoms with Crippen molar-refractivity contribution in [2.45, 2.75) is 20.3 Å². The third-order valence-electron chi connectivity index (χ3n) is 9.61. The molecule has 0 radical (unpaired) electrons. The Morgan fingerprint density at radius 2 is 1.33 bits per heavy atom. The zero-order valence-corrected chi connectivity index (χ0v) is 27.3. The predicted octanol–water partition coefficient (Wildman–Crippen LogP) is 10.1. The number of fused-ring (bicyclic) bond motifs is 6. The number of rotatable bonds is 4. The van der Waals surface area contributed by atoms with E-state index in [9.17, 15) is 0 Å². The normalized spacial score (nSPS) is 12.0. The molecule has 8 aromatic rings. The molecule has 0 aliphatic heterocycles. The molecule has 218 valence electrons. The summed E-state index contributed by atoms with van der Waals surface area (Å²) in [5.74, 6) is 0. The SMILES string of the molecule is Cc1cc2c(c(-c3c(-c4ccccc4)cc4[se]c5ccccc5c4c3-c3ccccc3-c3ccnnn3)c1C)Cc1ccccc1-2. The van der Waals surface area contributed by atoms with E-state index in [-0.39, 0.29) is 14.5 Å². The Balaban J connectivity index is 1.52. The fourth-order valence-corrected chi connectivity index (χ4v) is 9.85. The zero-order chi connectivity index (χ0) is 30.8. The van der Waals surface area contributed by atoms with Gasteiger partial charge in [0, 0.05) is 0 Å². The number of nitrogens with zero attached hydrogens (tertiary/aromatic N) is 3. The molecule has 0 unspecified atom stereocenters. The number of hydrogen-bond donors (Lipinski definition) is 0. The van der Waals surface area contributed by atoms with E-state index in [0.717, 1.165) is 17.7 Å². The van der Waals surface area contributed by atoms with Crippen LogP contribution in [-0.2, 0) is 6.42 Å². The first kappa shape index (κ1) is 27.2. The first-order valence-corrected chi connectivity index (χ1v) is 17.4. The molecule has 4 heteroatoms. The zero-order valence-electron chi connectivity index (χ0n) is 25.6. The Morgan fingerprint density at radius 1 is 0.587 bits per heavy atom. The van der Waals surface area contributed by atoms with E-state index in [1.54, 1.807) is 6.20 Å². The van der Waals surface area contributed by atoms with Crippen molar-refractivity contribution in [3.63, 3.8) is 0 Å². The summed E-state index contributed by atoms with van der Waals surface area (Å²) in [5.41, 5.74) is 17.7. The van der Waals surface area contributed by atoms with Gasteiger partial charge in [0.1, 0.15) is 0 Å². The van der Waals surface area contributed by atoms with E-state index in [4.69, 9.17) is 0 Å². The predicted molar refractivity (Wildman–Crippen MR) is 191 cm³/mol. The van der Waals surface area contributed by atoms with E-state index >= 15 is 0 Å². The van der Waals surface area contributed by atoms with Gasteiger partial charge in [-0.05, 0) is 0 Å². The Kier molecular flexibility index (Phi) is 6.34. The quantitative estimate of drug-likeness (QED) is 0.177. The summed E-state index contributed by atoms with van der Waals surface area (Å²) in [6, 6.07) is 44.5. The Hall–Kier alpha value is -5.15. The van der Waals surface area contributed by atoms with E-state index in [1.807, 2.05) is 6.07 Å². The molecule has 0 saturated heterocycles. The fourth-order valence-electron chi connectivity index (χ4n) is 7.43. The topological polar surface area (TPSA) is 38.7 Å². The Labute approximate surface area is 274 Å². The van der Waals surface area contributed by atoms with E-state index in [1.165, 1.54) is 86.1 Å². The van der Waals surface area contributed by atoms with Gasteiger partial charge in [-0.15, -0.1) is 0 Å². The second-order valence-corrected chi connectivity index (χ2v) is 14.4. The van der Waals surface area contributed by atoms with E-state index in [2.05, 4.69) is 145 Å². The van der Waals surface area contributed by atoms with Crippen LogP contribution in [0.4, 0.5) is 0 Å². The van der Waals surface area contributed by atoms with Crippen LogP contribution in [0.25, 0.3) is 75.1 Å². The number of aryl methyl sites for hydroxylation is 1. The van der Waals surface area contributed by atoms with Gasteiger partial charge < -0.3 is 0 Å². The van der Waals surface area contributed by atoms with Crippen molar-refractivity contribution in [2.24, 2.45) is 0 Å². The van der Waals surface area contributed by atoms with Crippen LogP contribution in [0.5, 0.6) is 0 Å². The fraction of sp³-hybridized carbons (Fsp3) is 0.0714. The molecule has 0 amide bonds. The van der Waals surface area contributed by atoms with Gasteiger partial charge in [0.25, 0.3) is 0 Å². The second kappa shape index (κ2) is 10.7. The van der Waals surface area contributed by atoms with Crippen LogP contribution in [0.15, 0.2) is 128 Å². The molecular weight excluding hydrogens is 625 g/mol. The van der Waals surface area contributed by atoms with E-state index in [0.29, 0.717) is 0 Å². The van der Waals surface area contributed by atoms with Crippen molar-refractivity contribution < 1.29 is 0 Å². The van der Waals surface area contributed by atoms with Crippen LogP contribution in [0.3, 0.4) is 0 Å². The number of aromatic nitrogens is 3. The molecule has 0 bridgehead atoms. The number of hydrogen-bond acceptors (Lipinski definition) is 3. The van der Waals surface area contributed by atoms with Crippen LogP contribution >= 0.6 is 0 Å². The van der Waals surface area contributed by atoms with Gasteiger partial charge in [-0.2, -0.15) is 0 Å². The summed E-state index contributed by atoms with van der Waals surface area (Å²) in [6.07, 6.45) is 2.66. The molecule has 0 fully saturated rings. The van der Waals surface area contributed by atoms with Gasteiger partial charge in [-0.25, -0.2) is 0 Å². The molecule has 1 aliphatic rings. The Morgan fingerprint density at radius 3 is 2.15 bits per heavy atom. The van der Waals surface area contributed by atoms with Gasteiger partial charge in [-0.1, -0.05) is 0 Å². The average molecular weight is 655 g/mol. The maximum absolute atomic E-state index is 4.52. The molecule has 9 rings (SSSR count). The van der Waals surface area contributed by atoms with Crippen LogP contribution in [0.2, 0.25) is 0 Å². The van der Waals surface area contributed by atoms with Crippen LogP contribution in [-0.4, -0.2) is 29.9 Å². The van der Waals surface area contributed by atoms with Gasteiger partial charge >= 0.3 is 275 Å². The van der Waals surface area contributed by atoms with Crippen molar-refractivity contribution in [1.29, 1.82) is 0 Å². The summed E-state index contributed by atoms with van der Waals surface area (Å²) in [4.78, 5) is 0. The maximum atomic E-state index is 4.52. The van der Waals surface area contributed by atoms with E-state index < -0.39 is 0 Å². The third kappa shape index (κ3) is 4.15.